The zero-order valence-corrected chi connectivity index (χ0v) is 7.52. The number of hydrogen-bond acceptors (Lipinski definition) is 4. The number of hydrogen-bond donors (Lipinski definition) is 0. The number of nitrogens with zero attached hydrogens (tertiary/aromatic N) is 2. The topological polar surface area (TPSA) is 77.8 Å². The third-order valence-corrected chi connectivity index (χ3v) is 2.01. The van der Waals surface area contributed by atoms with Gasteiger partial charge in [-0.2, -0.15) is 10.5 Å². The molecule has 4 nitrogen and oxygen atoms in total. The van der Waals surface area contributed by atoms with Crippen LogP contribution in [0.25, 0.3) is 11.0 Å². The second-order valence-corrected chi connectivity index (χ2v) is 2.86. The highest BCUT2D eigenvalue weighted by molar-refractivity contribution is 5.78. The van der Waals surface area contributed by atoms with Gasteiger partial charge in [0.25, 0.3) is 0 Å². The van der Waals surface area contributed by atoms with Crippen molar-refractivity contribution >= 4 is 11.0 Å². The van der Waals surface area contributed by atoms with Gasteiger partial charge in [-0.15, -0.1) is 0 Å². The Hall–Kier alpha value is -2.59. The summed E-state index contributed by atoms with van der Waals surface area (Å²) in [4.78, 5) is 11.7. The summed E-state index contributed by atoms with van der Waals surface area (Å²) in [5.74, 6) is -0.235. The van der Waals surface area contributed by atoms with Crippen LogP contribution in [0.5, 0.6) is 0 Å². The van der Waals surface area contributed by atoms with Gasteiger partial charge in [0.15, 0.2) is 5.56 Å². The first-order valence-electron chi connectivity index (χ1n) is 4.14. The molecule has 4 heteroatoms. The zero-order chi connectivity index (χ0) is 10.8. The second-order valence-electron chi connectivity index (χ2n) is 2.86. The second kappa shape index (κ2) is 3.28. The first-order valence-corrected chi connectivity index (χ1v) is 4.14. The molecule has 0 amide bonds. The highest BCUT2D eigenvalue weighted by atomic mass is 16.3. The Kier molecular flexibility index (Phi) is 1.97. The molecular weight excluding hydrogens is 192 g/mol. The lowest BCUT2D eigenvalue weighted by Gasteiger charge is -1.97. The van der Waals surface area contributed by atoms with Gasteiger partial charge in [-0.25, -0.2) is 0 Å². The molecule has 1 aromatic carbocycles. The molecule has 2 rings (SSSR count). The molecule has 1 heterocycles. The molecule has 0 aliphatic heterocycles. The van der Waals surface area contributed by atoms with E-state index >= 15 is 0 Å². The highest BCUT2D eigenvalue weighted by Gasteiger charge is 2.12. The Bertz CT molecular complexity index is 672. The fourth-order valence-corrected chi connectivity index (χ4v) is 1.32. The minimum atomic E-state index is -0.462. The predicted octanol–water partition coefficient (Wildman–Crippen LogP) is 1.54. The first-order chi connectivity index (χ1) is 7.27. The number of benzene rings is 1. The van der Waals surface area contributed by atoms with E-state index in [0.29, 0.717) is 11.0 Å². The SMILES string of the molecule is N#Cc1oc2ccccc2c(=O)c1C#N. The van der Waals surface area contributed by atoms with Gasteiger partial charge in [-0.05, 0) is 12.1 Å². The maximum atomic E-state index is 11.7. The molecule has 70 valence electrons. The van der Waals surface area contributed by atoms with Gasteiger partial charge in [0, 0.05) is 0 Å². The maximum absolute atomic E-state index is 11.7. The molecule has 2 aromatic rings. The number of nitriles is 2. The quantitative estimate of drug-likeness (QED) is 0.640. The first kappa shape index (κ1) is 8.98. The van der Waals surface area contributed by atoms with Crippen molar-refractivity contribution in [3.05, 3.63) is 45.8 Å². The summed E-state index contributed by atoms with van der Waals surface area (Å²) < 4.78 is 5.13. The van der Waals surface area contributed by atoms with Crippen LogP contribution in [0.3, 0.4) is 0 Å². The van der Waals surface area contributed by atoms with Crippen molar-refractivity contribution in [1.29, 1.82) is 10.5 Å². The minimum Gasteiger partial charge on any atom is -0.444 e. The minimum absolute atomic E-state index is 0.235. The van der Waals surface area contributed by atoms with Crippen molar-refractivity contribution < 1.29 is 4.42 Å². The van der Waals surface area contributed by atoms with Crippen LogP contribution in [-0.2, 0) is 0 Å². The monoisotopic (exact) mass is 196 g/mol. The van der Waals surface area contributed by atoms with E-state index in [1.54, 1.807) is 36.4 Å². The Morgan fingerprint density at radius 3 is 2.53 bits per heavy atom. The fraction of sp³-hybridized carbons (Fsp3) is 0. The molecule has 0 atom stereocenters. The van der Waals surface area contributed by atoms with Crippen molar-refractivity contribution in [2.45, 2.75) is 0 Å². The lowest BCUT2D eigenvalue weighted by molar-refractivity contribution is 0.583. The summed E-state index contributed by atoms with van der Waals surface area (Å²) in [5, 5.41) is 17.7. The summed E-state index contributed by atoms with van der Waals surface area (Å²) in [7, 11) is 0. The summed E-state index contributed by atoms with van der Waals surface area (Å²) in [6.07, 6.45) is 0. The summed E-state index contributed by atoms with van der Waals surface area (Å²) in [6.45, 7) is 0. The molecular formula is C11H4N2O2. The summed E-state index contributed by atoms with van der Waals surface area (Å²) >= 11 is 0. The Balaban J connectivity index is 3.05. The van der Waals surface area contributed by atoms with Crippen molar-refractivity contribution in [3.63, 3.8) is 0 Å². The smallest absolute Gasteiger partial charge is 0.225 e. The molecule has 0 fully saturated rings. The van der Waals surface area contributed by atoms with Gasteiger partial charge >= 0.3 is 0 Å². The van der Waals surface area contributed by atoms with Crippen LogP contribution < -0.4 is 5.43 Å². The number of rotatable bonds is 0. The van der Waals surface area contributed by atoms with Crippen LogP contribution in [0.4, 0.5) is 0 Å². The van der Waals surface area contributed by atoms with Crippen LogP contribution in [0.2, 0.25) is 0 Å². The van der Waals surface area contributed by atoms with Gasteiger partial charge in [0.05, 0.1) is 5.39 Å². The Morgan fingerprint density at radius 2 is 1.87 bits per heavy atom. The van der Waals surface area contributed by atoms with Gasteiger partial charge in [0.1, 0.15) is 17.7 Å². The molecule has 15 heavy (non-hydrogen) atoms. The third kappa shape index (κ3) is 1.25. The number of para-hydroxylation sites is 1. The highest BCUT2D eigenvalue weighted by Crippen LogP contribution is 2.13. The largest absolute Gasteiger partial charge is 0.444 e. The Labute approximate surface area is 84.6 Å². The average molecular weight is 196 g/mol. The number of fused-ring (bicyclic) bond motifs is 1. The zero-order valence-electron chi connectivity index (χ0n) is 7.52. The van der Waals surface area contributed by atoms with Crippen LogP contribution in [0.15, 0.2) is 33.5 Å². The Morgan fingerprint density at radius 1 is 1.13 bits per heavy atom. The van der Waals surface area contributed by atoms with Gasteiger partial charge in [-0.1, -0.05) is 12.1 Å². The lowest BCUT2D eigenvalue weighted by Crippen LogP contribution is -2.08. The predicted molar refractivity (Wildman–Crippen MR) is 51.9 cm³/mol. The standard InChI is InChI=1S/C11H4N2O2/c12-5-8-10(6-13)15-9-4-2-1-3-7(9)11(8)14/h1-4H. The third-order valence-electron chi connectivity index (χ3n) is 2.01. The van der Waals surface area contributed by atoms with E-state index in [-0.39, 0.29) is 11.3 Å². The maximum Gasteiger partial charge on any atom is 0.225 e. The fourth-order valence-electron chi connectivity index (χ4n) is 1.32. The van der Waals surface area contributed by atoms with E-state index < -0.39 is 5.43 Å². The van der Waals surface area contributed by atoms with Crippen LogP contribution in [0.1, 0.15) is 11.3 Å². The van der Waals surface area contributed by atoms with E-state index in [1.807, 2.05) is 0 Å². The lowest BCUT2D eigenvalue weighted by atomic mass is 10.1. The van der Waals surface area contributed by atoms with Crippen molar-refractivity contribution in [2.24, 2.45) is 0 Å². The van der Waals surface area contributed by atoms with Crippen molar-refractivity contribution in [1.82, 2.24) is 0 Å². The molecule has 0 radical (unpaired) electrons. The summed E-state index contributed by atoms with van der Waals surface area (Å²) in [5.41, 5.74) is -0.384. The van der Waals surface area contributed by atoms with E-state index in [1.165, 1.54) is 0 Å². The van der Waals surface area contributed by atoms with Gasteiger partial charge in [-0.3, -0.25) is 4.79 Å². The average Bonchev–Trinajstić information content (AvgIpc) is 2.29. The van der Waals surface area contributed by atoms with Crippen LogP contribution in [0, 0.1) is 22.7 Å². The molecule has 0 saturated heterocycles. The van der Waals surface area contributed by atoms with Crippen LogP contribution in [-0.4, -0.2) is 0 Å². The van der Waals surface area contributed by atoms with Gasteiger partial charge < -0.3 is 4.42 Å². The van der Waals surface area contributed by atoms with Crippen molar-refractivity contribution in [3.8, 4) is 12.1 Å². The van der Waals surface area contributed by atoms with Gasteiger partial charge in [0.2, 0.25) is 11.2 Å². The molecule has 0 unspecified atom stereocenters. The molecule has 0 saturated carbocycles. The molecule has 0 N–H and O–H groups in total. The van der Waals surface area contributed by atoms with Crippen molar-refractivity contribution in [2.75, 3.05) is 0 Å². The molecule has 0 aliphatic rings. The van der Waals surface area contributed by atoms with E-state index in [9.17, 15) is 4.79 Å². The molecule has 1 aromatic heterocycles. The van der Waals surface area contributed by atoms with E-state index in [4.69, 9.17) is 14.9 Å². The molecule has 0 spiro atoms. The van der Waals surface area contributed by atoms with Crippen LogP contribution >= 0.6 is 0 Å². The molecule has 0 bridgehead atoms. The summed E-state index contributed by atoms with van der Waals surface area (Å²) in [6, 6.07) is 9.88. The molecule has 0 aliphatic carbocycles. The van der Waals surface area contributed by atoms with E-state index in [2.05, 4.69) is 0 Å². The normalized spacial score (nSPS) is 9.47. The van der Waals surface area contributed by atoms with E-state index in [0.717, 1.165) is 0 Å².